The van der Waals surface area contributed by atoms with Gasteiger partial charge in [0.2, 0.25) is 0 Å². The second kappa shape index (κ2) is 2.44. The van der Waals surface area contributed by atoms with E-state index < -0.39 is 0 Å². The Kier molecular flexibility index (Phi) is 1.53. The summed E-state index contributed by atoms with van der Waals surface area (Å²) in [7, 11) is 0. The van der Waals surface area contributed by atoms with Crippen LogP contribution in [0.15, 0.2) is 0 Å². The molecule has 2 saturated carbocycles. The van der Waals surface area contributed by atoms with E-state index in [-0.39, 0.29) is 18.0 Å². The standard InChI is InChI=1S/C10H14O2S/c1-4-8-6-2-5(3-7(6)13)9(8)10(11)12-4/h4-9,13H,2-3H2,1H3. The Morgan fingerprint density at radius 2 is 2.23 bits per heavy atom. The molecule has 13 heavy (non-hydrogen) atoms. The van der Waals surface area contributed by atoms with Crippen LogP contribution < -0.4 is 0 Å². The van der Waals surface area contributed by atoms with Crippen LogP contribution in [0.1, 0.15) is 19.8 Å². The zero-order valence-corrected chi connectivity index (χ0v) is 8.54. The molecule has 3 aliphatic rings. The van der Waals surface area contributed by atoms with Gasteiger partial charge in [0, 0.05) is 11.2 Å². The first-order valence-corrected chi connectivity index (χ1v) is 5.58. The first-order chi connectivity index (χ1) is 6.18. The predicted molar refractivity (Wildman–Crippen MR) is 51.5 cm³/mol. The highest BCUT2D eigenvalue weighted by Crippen LogP contribution is 2.58. The molecule has 3 fully saturated rings. The van der Waals surface area contributed by atoms with Crippen LogP contribution in [-0.2, 0) is 9.53 Å². The van der Waals surface area contributed by atoms with Gasteiger partial charge in [-0.25, -0.2) is 0 Å². The summed E-state index contributed by atoms with van der Waals surface area (Å²) in [6, 6.07) is 0. The van der Waals surface area contributed by atoms with Crippen molar-refractivity contribution in [3.8, 4) is 0 Å². The molecule has 1 heterocycles. The third-order valence-corrected chi connectivity index (χ3v) is 4.74. The molecule has 1 saturated heterocycles. The van der Waals surface area contributed by atoms with E-state index in [0.29, 0.717) is 23.0 Å². The lowest BCUT2D eigenvalue weighted by molar-refractivity contribution is -0.144. The van der Waals surface area contributed by atoms with Crippen molar-refractivity contribution in [2.45, 2.75) is 31.1 Å². The molecule has 0 N–H and O–H groups in total. The Morgan fingerprint density at radius 3 is 3.00 bits per heavy atom. The van der Waals surface area contributed by atoms with Gasteiger partial charge in [0.1, 0.15) is 6.10 Å². The summed E-state index contributed by atoms with van der Waals surface area (Å²) in [6.07, 6.45) is 2.47. The summed E-state index contributed by atoms with van der Waals surface area (Å²) in [5.41, 5.74) is 0. The number of carbonyl (C=O) groups excluding carboxylic acids is 1. The molecule has 0 amide bonds. The van der Waals surface area contributed by atoms with Crippen molar-refractivity contribution < 1.29 is 9.53 Å². The number of hydrogen-bond acceptors (Lipinski definition) is 3. The first kappa shape index (κ1) is 8.16. The van der Waals surface area contributed by atoms with Crippen molar-refractivity contribution in [3.63, 3.8) is 0 Å². The molecule has 2 aliphatic carbocycles. The number of esters is 1. The zero-order chi connectivity index (χ0) is 9.16. The first-order valence-electron chi connectivity index (χ1n) is 5.07. The smallest absolute Gasteiger partial charge is 0.309 e. The minimum Gasteiger partial charge on any atom is -0.462 e. The Bertz CT molecular complexity index is 266. The van der Waals surface area contributed by atoms with E-state index in [9.17, 15) is 4.79 Å². The Morgan fingerprint density at radius 1 is 1.46 bits per heavy atom. The SMILES string of the molecule is CC1OC(=O)C2C3CC(S)C(C3)C12. The summed E-state index contributed by atoms with van der Waals surface area (Å²) >= 11 is 4.58. The second-order valence-electron chi connectivity index (χ2n) is 4.71. The molecular weight excluding hydrogens is 184 g/mol. The van der Waals surface area contributed by atoms with Crippen molar-refractivity contribution in [2.75, 3.05) is 0 Å². The van der Waals surface area contributed by atoms with Gasteiger partial charge >= 0.3 is 5.97 Å². The number of fused-ring (bicyclic) bond motifs is 5. The van der Waals surface area contributed by atoms with Crippen LogP contribution in [0, 0.1) is 23.7 Å². The molecular formula is C10H14O2S. The quantitative estimate of drug-likeness (QED) is 0.471. The summed E-state index contributed by atoms with van der Waals surface area (Å²) in [6.45, 7) is 2.03. The van der Waals surface area contributed by atoms with Gasteiger partial charge in [-0.3, -0.25) is 4.79 Å². The molecule has 0 aromatic carbocycles. The van der Waals surface area contributed by atoms with Gasteiger partial charge in [-0.15, -0.1) is 0 Å². The Labute approximate surface area is 83.4 Å². The van der Waals surface area contributed by atoms with Crippen molar-refractivity contribution in [2.24, 2.45) is 23.7 Å². The van der Waals surface area contributed by atoms with E-state index in [0.717, 1.165) is 6.42 Å². The predicted octanol–water partition coefficient (Wildman–Crippen LogP) is 1.50. The molecule has 3 rings (SSSR count). The fraction of sp³-hybridized carbons (Fsp3) is 0.900. The maximum Gasteiger partial charge on any atom is 0.309 e. The average Bonchev–Trinajstić information content (AvgIpc) is 2.64. The van der Waals surface area contributed by atoms with E-state index in [2.05, 4.69) is 12.6 Å². The Balaban J connectivity index is 1.96. The lowest BCUT2D eigenvalue weighted by atomic mass is 9.78. The Hall–Kier alpha value is -0.180. The summed E-state index contributed by atoms with van der Waals surface area (Å²) in [4.78, 5) is 11.5. The van der Waals surface area contributed by atoms with Crippen molar-refractivity contribution >= 4 is 18.6 Å². The normalized spacial score (nSPS) is 58.2. The minimum atomic E-state index is 0.0604. The van der Waals surface area contributed by atoms with Gasteiger partial charge in [-0.2, -0.15) is 12.6 Å². The molecule has 3 heteroatoms. The van der Waals surface area contributed by atoms with Crippen LogP contribution in [-0.4, -0.2) is 17.3 Å². The fourth-order valence-electron chi connectivity index (χ4n) is 3.71. The van der Waals surface area contributed by atoms with Crippen LogP contribution in [0.5, 0.6) is 0 Å². The number of hydrogen-bond donors (Lipinski definition) is 1. The van der Waals surface area contributed by atoms with Gasteiger partial charge < -0.3 is 4.74 Å². The minimum absolute atomic E-state index is 0.0604. The highest BCUT2D eigenvalue weighted by molar-refractivity contribution is 7.81. The average molecular weight is 198 g/mol. The molecule has 0 aromatic heterocycles. The molecule has 0 aromatic rings. The molecule has 1 aliphatic heterocycles. The molecule has 2 nitrogen and oxygen atoms in total. The van der Waals surface area contributed by atoms with Crippen molar-refractivity contribution in [1.82, 2.24) is 0 Å². The van der Waals surface area contributed by atoms with Crippen molar-refractivity contribution in [3.05, 3.63) is 0 Å². The lowest BCUT2D eigenvalue weighted by Gasteiger charge is -2.27. The van der Waals surface area contributed by atoms with Gasteiger partial charge in [0.05, 0.1) is 5.92 Å². The van der Waals surface area contributed by atoms with E-state index in [1.807, 2.05) is 6.92 Å². The maximum atomic E-state index is 11.5. The van der Waals surface area contributed by atoms with Crippen LogP contribution in [0.2, 0.25) is 0 Å². The van der Waals surface area contributed by atoms with Crippen molar-refractivity contribution in [1.29, 1.82) is 0 Å². The molecule has 6 atom stereocenters. The highest BCUT2D eigenvalue weighted by Gasteiger charge is 2.60. The van der Waals surface area contributed by atoms with Gasteiger partial charge in [0.15, 0.2) is 0 Å². The number of rotatable bonds is 0. The van der Waals surface area contributed by atoms with E-state index in [1.54, 1.807) is 0 Å². The number of cyclic esters (lactones) is 1. The summed E-state index contributed by atoms with van der Waals surface area (Å²) in [5, 5.41) is 0.517. The lowest BCUT2D eigenvalue weighted by Crippen LogP contribution is -2.31. The monoisotopic (exact) mass is 198 g/mol. The van der Waals surface area contributed by atoms with Crippen LogP contribution in [0.3, 0.4) is 0 Å². The van der Waals surface area contributed by atoms with Gasteiger partial charge in [-0.1, -0.05) is 0 Å². The maximum absolute atomic E-state index is 11.5. The molecule has 0 radical (unpaired) electrons. The van der Waals surface area contributed by atoms with Gasteiger partial charge in [0.25, 0.3) is 0 Å². The highest BCUT2D eigenvalue weighted by atomic mass is 32.1. The molecule has 6 unspecified atom stereocenters. The second-order valence-corrected chi connectivity index (χ2v) is 5.37. The van der Waals surface area contributed by atoms with Crippen LogP contribution >= 0.6 is 12.6 Å². The third-order valence-electron chi connectivity index (χ3n) is 4.15. The number of carbonyl (C=O) groups is 1. The van der Waals surface area contributed by atoms with Gasteiger partial charge in [-0.05, 0) is 31.6 Å². The topological polar surface area (TPSA) is 26.3 Å². The number of ether oxygens (including phenoxy) is 1. The number of thiol groups is 1. The largest absolute Gasteiger partial charge is 0.462 e. The zero-order valence-electron chi connectivity index (χ0n) is 7.64. The van der Waals surface area contributed by atoms with E-state index in [1.165, 1.54) is 6.42 Å². The van der Waals surface area contributed by atoms with Crippen LogP contribution in [0.25, 0.3) is 0 Å². The van der Waals surface area contributed by atoms with E-state index >= 15 is 0 Å². The van der Waals surface area contributed by atoms with E-state index in [4.69, 9.17) is 4.74 Å². The molecule has 2 bridgehead atoms. The molecule has 0 spiro atoms. The third kappa shape index (κ3) is 0.888. The fourth-order valence-corrected chi connectivity index (χ4v) is 4.30. The summed E-state index contributed by atoms with van der Waals surface area (Å²) < 4.78 is 5.28. The van der Waals surface area contributed by atoms with Crippen LogP contribution in [0.4, 0.5) is 0 Å². The molecule has 72 valence electrons. The summed E-state index contributed by atoms with van der Waals surface area (Å²) in [5.74, 6) is 1.98.